The van der Waals surface area contributed by atoms with Crippen LogP contribution in [0.3, 0.4) is 0 Å². The van der Waals surface area contributed by atoms with E-state index < -0.39 is 0 Å². The lowest BCUT2D eigenvalue weighted by Gasteiger charge is -2.35. The number of nitrogens with two attached hydrogens (primary N) is 1. The van der Waals surface area contributed by atoms with Crippen molar-refractivity contribution in [2.75, 3.05) is 6.54 Å². The molecule has 0 bridgehead atoms. The fourth-order valence-electron chi connectivity index (χ4n) is 4.57. The van der Waals surface area contributed by atoms with Crippen LogP contribution in [0.15, 0.2) is 30.3 Å². The summed E-state index contributed by atoms with van der Waals surface area (Å²) in [6.07, 6.45) is 8.70. The molecule has 2 fully saturated rings. The molecule has 0 heterocycles. The Labute approximate surface area is 176 Å². The topological polar surface area (TPSA) is 67.1 Å². The van der Waals surface area contributed by atoms with Crippen LogP contribution in [-0.4, -0.2) is 24.0 Å². The van der Waals surface area contributed by atoms with Crippen LogP contribution in [0.4, 0.5) is 0 Å². The van der Waals surface area contributed by atoms with E-state index in [1.807, 2.05) is 0 Å². The smallest absolute Gasteiger partial charge is 0.223 e. The van der Waals surface area contributed by atoms with Crippen molar-refractivity contribution in [1.29, 1.82) is 0 Å². The molecule has 0 aliphatic heterocycles. The lowest BCUT2D eigenvalue weighted by atomic mass is 9.85. The second kappa shape index (κ2) is 11.3. The van der Waals surface area contributed by atoms with E-state index in [0.29, 0.717) is 6.04 Å². The molecule has 6 heteroatoms. The van der Waals surface area contributed by atoms with Gasteiger partial charge in [-0.25, -0.2) is 0 Å². The first-order chi connectivity index (χ1) is 12.1. The third-order valence-electron chi connectivity index (χ3n) is 6.07. The molecule has 1 aromatic carbocycles. The predicted octanol–water partition coefficient (Wildman–Crippen LogP) is 4.13. The monoisotopic (exact) mass is 415 g/mol. The second-order valence-electron chi connectivity index (χ2n) is 8.11. The molecule has 3 unspecified atom stereocenters. The number of carbonyl (C=O) groups is 1. The first-order valence-corrected chi connectivity index (χ1v) is 9.94. The highest BCUT2D eigenvalue weighted by atomic mass is 35.5. The third kappa shape index (κ3) is 6.63. The normalized spacial score (nSPS) is 25.0. The van der Waals surface area contributed by atoms with Crippen LogP contribution in [-0.2, 0) is 4.79 Å². The summed E-state index contributed by atoms with van der Waals surface area (Å²) < 4.78 is 0. The van der Waals surface area contributed by atoms with Gasteiger partial charge in [0.2, 0.25) is 5.91 Å². The number of benzene rings is 1. The van der Waals surface area contributed by atoms with Crippen molar-refractivity contribution in [1.82, 2.24) is 10.6 Å². The van der Waals surface area contributed by atoms with Gasteiger partial charge >= 0.3 is 0 Å². The van der Waals surface area contributed by atoms with Crippen LogP contribution in [0.25, 0.3) is 0 Å². The van der Waals surface area contributed by atoms with E-state index in [2.05, 4.69) is 47.9 Å². The van der Waals surface area contributed by atoms with Crippen LogP contribution < -0.4 is 16.4 Å². The van der Waals surface area contributed by atoms with E-state index in [1.165, 1.54) is 18.4 Å². The molecule has 0 radical (unpaired) electrons. The van der Waals surface area contributed by atoms with Gasteiger partial charge in [0.1, 0.15) is 0 Å². The quantitative estimate of drug-likeness (QED) is 0.653. The Morgan fingerprint density at radius 2 is 1.81 bits per heavy atom. The van der Waals surface area contributed by atoms with E-state index >= 15 is 0 Å². The van der Waals surface area contributed by atoms with Crippen LogP contribution >= 0.6 is 24.8 Å². The van der Waals surface area contributed by atoms with E-state index in [0.717, 1.165) is 45.1 Å². The van der Waals surface area contributed by atoms with Gasteiger partial charge in [0.05, 0.1) is 0 Å². The minimum Gasteiger partial charge on any atom is -0.354 e. The molecule has 4 nitrogen and oxygen atoms in total. The summed E-state index contributed by atoms with van der Waals surface area (Å²) in [4.78, 5) is 12.6. The number of carbonyl (C=O) groups excluding carboxylic acids is 1. The number of halogens is 2. The molecule has 154 valence electrons. The number of hydrogen-bond donors (Lipinski definition) is 3. The Kier molecular flexibility index (Phi) is 10.1. The summed E-state index contributed by atoms with van der Waals surface area (Å²) in [6, 6.07) is 11.0. The Hall–Kier alpha value is -0.810. The zero-order chi connectivity index (χ0) is 17.7. The average Bonchev–Trinajstić information content (AvgIpc) is 3.09. The van der Waals surface area contributed by atoms with E-state index in [1.54, 1.807) is 0 Å². The molecule has 3 atom stereocenters. The number of rotatable bonds is 6. The first-order valence-electron chi connectivity index (χ1n) is 9.94. The summed E-state index contributed by atoms with van der Waals surface area (Å²) >= 11 is 0. The zero-order valence-electron chi connectivity index (χ0n) is 16.3. The predicted molar refractivity (Wildman–Crippen MR) is 117 cm³/mol. The molecule has 2 aliphatic carbocycles. The Balaban J connectivity index is 0.00000182. The number of amides is 1. The lowest BCUT2D eigenvalue weighted by Crippen LogP contribution is -2.53. The van der Waals surface area contributed by atoms with Gasteiger partial charge in [0.15, 0.2) is 0 Å². The summed E-state index contributed by atoms with van der Waals surface area (Å²) in [5.74, 6) is 0.310. The van der Waals surface area contributed by atoms with Crippen LogP contribution in [0.2, 0.25) is 0 Å². The summed E-state index contributed by atoms with van der Waals surface area (Å²) in [6.45, 7) is 2.95. The van der Waals surface area contributed by atoms with Crippen molar-refractivity contribution in [2.45, 2.75) is 75.9 Å². The maximum atomic E-state index is 12.6. The third-order valence-corrected chi connectivity index (χ3v) is 6.07. The van der Waals surface area contributed by atoms with E-state index in [4.69, 9.17) is 5.73 Å². The van der Waals surface area contributed by atoms with Gasteiger partial charge in [-0.05, 0) is 44.6 Å². The van der Waals surface area contributed by atoms with Gasteiger partial charge < -0.3 is 16.4 Å². The largest absolute Gasteiger partial charge is 0.354 e. The maximum Gasteiger partial charge on any atom is 0.223 e. The van der Waals surface area contributed by atoms with Gasteiger partial charge in [-0.15, -0.1) is 24.8 Å². The Bertz CT molecular complexity index is 564. The van der Waals surface area contributed by atoms with Crippen molar-refractivity contribution in [3.8, 4) is 0 Å². The van der Waals surface area contributed by atoms with Crippen molar-refractivity contribution in [3.05, 3.63) is 35.9 Å². The fraction of sp³-hybridized carbons (Fsp3) is 0.667. The molecule has 0 spiro atoms. The molecular weight excluding hydrogens is 381 g/mol. The molecule has 0 aromatic heterocycles. The van der Waals surface area contributed by atoms with Crippen LogP contribution in [0.5, 0.6) is 0 Å². The van der Waals surface area contributed by atoms with Crippen molar-refractivity contribution in [2.24, 2.45) is 11.7 Å². The van der Waals surface area contributed by atoms with E-state index in [-0.39, 0.29) is 48.2 Å². The molecule has 4 N–H and O–H groups in total. The second-order valence-corrected chi connectivity index (χ2v) is 8.11. The minimum absolute atomic E-state index is 0. The molecule has 2 saturated carbocycles. The highest BCUT2D eigenvalue weighted by Gasteiger charge is 2.36. The van der Waals surface area contributed by atoms with Gasteiger partial charge in [-0.3, -0.25) is 4.79 Å². The van der Waals surface area contributed by atoms with Gasteiger partial charge in [0, 0.05) is 30.1 Å². The molecule has 0 saturated heterocycles. The standard InChI is InChI=1S/C21H33N3O.2ClH/c1-16(17-8-3-2-4-9-17)24-21(12-5-6-13-21)15-23-20(25)18-10-7-11-19(22)14-18;;/h2-4,8-9,16,18-19,24H,5-7,10-15,22H2,1H3,(H,23,25);2*1H. The highest BCUT2D eigenvalue weighted by molar-refractivity contribution is 5.85. The summed E-state index contributed by atoms with van der Waals surface area (Å²) in [5, 5.41) is 7.09. The summed E-state index contributed by atoms with van der Waals surface area (Å²) in [7, 11) is 0. The highest BCUT2D eigenvalue weighted by Crippen LogP contribution is 2.32. The molecular formula is C21H35Cl2N3O. The number of nitrogens with one attached hydrogen (secondary N) is 2. The summed E-state index contributed by atoms with van der Waals surface area (Å²) in [5.41, 5.74) is 7.38. The molecule has 3 rings (SSSR count). The van der Waals surface area contributed by atoms with Crippen molar-refractivity contribution >= 4 is 30.7 Å². The van der Waals surface area contributed by atoms with Crippen LogP contribution in [0, 0.1) is 5.92 Å². The van der Waals surface area contributed by atoms with Crippen molar-refractivity contribution < 1.29 is 4.79 Å². The first kappa shape index (κ1) is 24.2. The molecule has 2 aliphatic rings. The fourth-order valence-corrected chi connectivity index (χ4v) is 4.57. The Morgan fingerprint density at radius 3 is 2.44 bits per heavy atom. The van der Waals surface area contributed by atoms with Gasteiger partial charge in [0.25, 0.3) is 0 Å². The maximum absolute atomic E-state index is 12.6. The van der Waals surface area contributed by atoms with Crippen LogP contribution in [0.1, 0.15) is 69.9 Å². The van der Waals surface area contributed by atoms with E-state index in [9.17, 15) is 4.79 Å². The molecule has 27 heavy (non-hydrogen) atoms. The average molecular weight is 416 g/mol. The lowest BCUT2D eigenvalue weighted by molar-refractivity contribution is -0.126. The molecule has 1 aromatic rings. The molecule has 1 amide bonds. The van der Waals surface area contributed by atoms with Gasteiger partial charge in [-0.1, -0.05) is 49.6 Å². The van der Waals surface area contributed by atoms with Crippen molar-refractivity contribution in [3.63, 3.8) is 0 Å². The number of hydrogen-bond acceptors (Lipinski definition) is 3. The Morgan fingerprint density at radius 1 is 1.15 bits per heavy atom. The SMILES string of the molecule is CC(NC1(CNC(=O)C2CCCC(N)C2)CCCC1)c1ccccc1.Cl.Cl. The zero-order valence-corrected chi connectivity index (χ0v) is 17.9. The minimum atomic E-state index is 0. The van der Waals surface area contributed by atoms with Gasteiger partial charge in [-0.2, -0.15) is 0 Å².